The van der Waals surface area contributed by atoms with E-state index in [9.17, 15) is 26.3 Å². The normalized spacial score (nSPS) is 46.6. The third kappa shape index (κ3) is 2.55. The van der Waals surface area contributed by atoms with Gasteiger partial charge in [0.2, 0.25) is 0 Å². The summed E-state index contributed by atoms with van der Waals surface area (Å²) < 4.78 is 110. The van der Waals surface area contributed by atoms with E-state index in [2.05, 4.69) is 16.4 Å². The van der Waals surface area contributed by atoms with Gasteiger partial charge in [0.05, 0.1) is 0 Å². The van der Waals surface area contributed by atoms with Crippen LogP contribution in [-0.2, 0) is 9.47 Å². The number of halogens is 7. The predicted octanol–water partition coefficient (Wildman–Crippen LogP) is 5.76. The number of hydrogen-bond donors (Lipinski definition) is 0. The zero-order valence-electron chi connectivity index (χ0n) is 16.6. The van der Waals surface area contributed by atoms with Crippen molar-refractivity contribution in [3.8, 4) is 0 Å². The van der Waals surface area contributed by atoms with Crippen molar-refractivity contribution < 1.29 is 40.2 Å². The zero-order chi connectivity index (χ0) is 21.6. The van der Waals surface area contributed by atoms with Gasteiger partial charge >= 0.3 is 12.4 Å². The minimum absolute atomic E-state index is 0.0171. The molecule has 9 heteroatoms. The van der Waals surface area contributed by atoms with Gasteiger partial charge in [0.1, 0.15) is 6.79 Å². The molecule has 4 fully saturated rings. The van der Waals surface area contributed by atoms with Crippen molar-refractivity contribution in [2.45, 2.75) is 63.7 Å². The standard InChI is InChI=1S/C20H27F7O2/c1-4-28-8-29-18(19(22,23)24,20(25,26)27)17(21)7-11-5-14(17)16-13-6-12(15(11)16)9(2)10(13)3/h9-16H,4-8H2,1-3H3. The van der Waals surface area contributed by atoms with E-state index in [1.165, 1.54) is 6.92 Å². The second-order valence-electron chi connectivity index (χ2n) is 9.54. The second-order valence-corrected chi connectivity index (χ2v) is 9.54. The van der Waals surface area contributed by atoms with Crippen LogP contribution in [0.1, 0.15) is 40.0 Å². The summed E-state index contributed by atoms with van der Waals surface area (Å²) in [6.07, 6.45) is -11.8. The van der Waals surface area contributed by atoms with Crippen molar-refractivity contribution in [2.24, 2.45) is 47.3 Å². The van der Waals surface area contributed by atoms with Gasteiger partial charge in [-0.15, -0.1) is 0 Å². The van der Waals surface area contributed by atoms with Crippen molar-refractivity contribution in [2.75, 3.05) is 13.4 Å². The molecule has 0 aromatic rings. The van der Waals surface area contributed by atoms with E-state index in [4.69, 9.17) is 0 Å². The van der Waals surface area contributed by atoms with Crippen molar-refractivity contribution >= 4 is 0 Å². The molecule has 0 spiro atoms. The van der Waals surface area contributed by atoms with Crippen LogP contribution in [0.5, 0.6) is 0 Å². The molecule has 0 heterocycles. The molecule has 9 atom stereocenters. The van der Waals surface area contributed by atoms with Gasteiger partial charge in [0.25, 0.3) is 5.60 Å². The maximum atomic E-state index is 16.3. The van der Waals surface area contributed by atoms with Crippen LogP contribution in [0.4, 0.5) is 30.7 Å². The van der Waals surface area contributed by atoms with Crippen LogP contribution in [0.2, 0.25) is 0 Å². The SMILES string of the molecule is CCOCOC(C(F)(F)F)(C(F)(F)F)C1(F)CC2CC1C1C3CC(C(C)C3C)C21. The monoisotopic (exact) mass is 432 g/mol. The minimum atomic E-state index is -5.95. The van der Waals surface area contributed by atoms with Crippen molar-refractivity contribution in [3.05, 3.63) is 0 Å². The molecule has 168 valence electrons. The summed E-state index contributed by atoms with van der Waals surface area (Å²) in [5.41, 5.74) is -8.41. The lowest BCUT2D eigenvalue weighted by atomic mass is 9.58. The van der Waals surface area contributed by atoms with Crippen LogP contribution >= 0.6 is 0 Å². The lowest BCUT2D eigenvalue weighted by Gasteiger charge is -2.52. The van der Waals surface area contributed by atoms with Crippen LogP contribution in [0.25, 0.3) is 0 Å². The summed E-state index contributed by atoms with van der Waals surface area (Å²) in [5, 5.41) is 0. The Labute approximate surface area is 165 Å². The molecule has 2 nitrogen and oxygen atoms in total. The molecule has 4 saturated carbocycles. The van der Waals surface area contributed by atoms with E-state index in [1.54, 1.807) is 0 Å². The zero-order valence-corrected chi connectivity index (χ0v) is 16.6. The van der Waals surface area contributed by atoms with Crippen molar-refractivity contribution in [1.82, 2.24) is 0 Å². The fourth-order valence-electron chi connectivity index (χ4n) is 7.76. The highest BCUT2D eigenvalue weighted by atomic mass is 19.4. The Bertz CT molecular complexity index is 634. The van der Waals surface area contributed by atoms with Crippen LogP contribution in [0, 0.1) is 47.3 Å². The molecule has 4 rings (SSSR count). The summed E-state index contributed by atoms with van der Waals surface area (Å²) >= 11 is 0. The molecule has 0 amide bonds. The molecule has 4 aliphatic carbocycles. The van der Waals surface area contributed by atoms with E-state index in [0.717, 1.165) is 6.42 Å². The number of rotatable bonds is 5. The van der Waals surface area contributed by atoms with Crippen LogP contribution in [-0.4, -0.2) is 37.0 Å². The highest BCUT2D eigenvalue weighted by molar-refractivity contribution is 5.25. The van der Waals surface area contributed by atoms with Crippen molar-refractivity contribution in [1.29, 1.82) is 0 Å². The van der Waals surface area contributed by atoms with Gasteiger partial charge in [-0.2, -0.15) is 26.3 Å². The fourth-order valence-corrected chi connectivity index (χ4v) is 7.76. The Morgan fingerprint density at radius 3 is 1.97 bits per heavy atom. The number of ether oxygens (including phenoxy) is 2. The third-order valence-corrected chi connectivity index (χ3v) is 8.82. The van der Waals surface area contributed by atoms with Gasteiger partial charge in [0.15, 0.2) is 5.67 Å². The largest absolute Gasteiger partial charge is 0.429 e. The topological polar surface area (TPSA) is 18.5 Å². The lowest BCUT2D eigenvalue weighted by molar-refractivity contribution is -0.433. The molecular formula is C20H27F7O2. The second kappa shape index (κ2) is 6.47. The highest BCUT2D eigenvalue weighted by Gasteiger charge is 2.87. The van der Waals surface area contributed by atoms with E-state index in [-0.39, 0.29) is 36.7 Å². The van der Waals surface area contributed by atoms with Gasteiger partial charge in [-0.25, -0.2) is 4.39 Å². The van der Waals surface area contributed by atoms with Crippen LogP contribution in [0.3, 0.4) is 0 Å². The summed E-state index contributed by atoms with van der Waals surface area (Å²) in [6, 6.07) is 0. The number of alkyl halides is 7. The predicted molar refractivity (Wildman–Crippen MR) is 89.4 cm³/mol. The summed E-state index contributed by atoms with van der Waals surface area (Å²) in [4.78, 5) is 0. The van der Waals surface area contributed by atoms with E-state index in [0.29, 0.717) is 5.92 Å². The maximum Gasteiger partial charge on any atom is 0.429 e. The summed E-state index contributed by atoms with van der Waals surface area (Å²) in [7, 11) is 0. The first-order valence-corrected chi connectivity index (χ1v) is 10.4. The Hall–Kier alpha value is -0.570. The maximum absolute atomic E-state index is 16.3. The third-order valence-electron chi connectivity index (χ3n) is 8.82. The first-order valence-electron chi connectivity index (χ1n) is 10.4. The smallest absolute Gasteiger partial charge is 0.356 e. The fraction of sp³-hybridized carbons (Fsp3) is 1.00. The quantitative estimate of drug-likeness (QED) is 0.238. The van der Waals surface area contributed by atoms with E-state index < -0.39 is 54.6 Å². The summed E-state index contributed by atoms with van der Waals surface area (Å²) in [5.74, 6) is -1.35. The molecule has 0 saturated heterocycles. The Kier molecular flexibility index (Phi) is 4.83. The van der Waals surface area contributed by atoms with Gasteiger partial charge in [-0.05, 0) is 67.6 Å². The number of fused-ring (bicyclic) bond motifs is 9. The first-order chi connectivity index (χ1) is 13.3. The Morgan fingerprint density at radius 2 is 1.45 bits per heavy atom. The molecule has 0 N–H and O–H groups in total. The molecule has 0 aliphatic heterocycles. The lowest BCUT2D eigenvalue weighted by Crippen LogP contribution is -2.73. The molecule has 0 aromatic carbocycles. The average Bonchev–Trinajstić information content (AvgIpc) is 3.28. The minimum Gasteiger partial charge on any atom is -0.356 e. The van der Waals surface area contributed by atoms with Gasteiger partial charge in [-0.3, -0.25) is 0 Å². The molecule has 9 unspecified atom stereocenters. The number of hydrogen-bond acceptors (Lipinski definition) is 2. The molecular weight excluding hydrogens is 405 g/mol. The van der Waals surface area contributed by atoms with E-state index >= 15 is 4.39 Å². The Morgan fingerprint density at radius 1 is 0.897 bits per heavy atom. The molecule has 4 bridgehead atoms. The molecule has 0 radical (unpaired) electrons. The van der Waals surface area contributed by atoms with Crippen LogP contribution in [0.15, 0.2) is 0 Å². The molecule has 4 aliphatic rings. The molecule has 29 heavy (non-hydrogen) atoms. The average molecular weight is 432 g/mol. The van der Waals surface area contributed by atoms with E-state index in [1.807, 2.05) is 6.92 Å². The van der Waals surface area contributed by atoms with Gasteiger partial charge < -0.3 is 9.47 Å². The van der Waals surface area contributed by atoms with Gasteiger partial charge in [-0.1, -0.05) is 13.8 Å². The Balaban J connectivity index is 1.76. The van der Waals surface area contributed by atoms with Crippen LogP contribution < -0.4 is 0 Å². The molecule has 0 aromatic heterocycles. The first kappa shape index (κ1) is 21.7. The highest BCUT2D eigenvalue weighted by Crippen LogP contribution is 2.76. The van der Waals surface area contributed by atoms with Crippen molar-refractivity contribution in [3.63, 3.8) is 0 Å². The summed E-state index contributed by atoms with van der Waals surface area (Å²) in [6.45, 7) is 4.11. The van der Waals surface area contributed by atoms with Gasteiger partial charge in [0, 0.05) is 12.5 Å².